The van der Waals surface area contributed by atoms with E-state index in [1.807, 2.05) is 13.8 Å². The van der Waals surface area contributed by atoms with Crippen molar-refractivity contribution in [1.82, 2.24) is 5.32 Å². The molecule has 0 radical (unpaired) electrons. The molecule has 1 amide bonds. The second-order valence-electron chi connectivity index (χ2n) is 3.50. The molecule has 4 heteroatoms. The van der Waals surface area contributed by atoms with Gasteiger partial charge in [0.05, 0.1) is 18.2 Å². The van der Waals surface area contributed by atoms with Gasteiger partial charge in [0.2, 0.25) is 5.91 Å². The number of carbonyl (C=O) groups excluding carboxylic acids is 1. The van der Waals surface area contributed by atoms with Gasteiger partial charge in [-0.2, -0.15) is 0 Å². The van der Waals surface area contributed by atoms with Crippen LogP contribution in [0.2, 0.25) is 0 Å². The van der Waals surface area contributed by atoms with Crippen LogP contribution >= 0.6 is 11.6 Å². The van der Waals surface area contributed by atoms with Crippen LogP contribution in [0.15, 0.2) is 0 Å². The lowest BCUT2D eigenvalue weighted by atomic mass is 10.1. The maximum absolute atomic E-state index is 11.2. The van der Waals surface area contributed by atoms with Gasteiger partial charge in [0.15, 0.2) is 0 Å². The number of hydrogen-bond acceptors (Lipinski definition) is 2. The van der Waals surface area contributed by atoms with Gasteiger partial charge in [0.25, 0.3) is 0 Å². The lowest BCUT2D eigenvalue weighted by Crippen LogP contribution is -2.39. The summed E-state index contributed by atoms with van der Waals surface area (Å²) < 4.78 is 5.51. The standard InChI is InChI=1S/C9H16ClNO2/c1-6-5-8(7(2)13-6)11-9(12)3-4-10/h6-8H,3-5H2,1-2H3,(H,11,12). The highest BCUT2D eigenvalue weighted by molar-refractivity contribution is 6.18. The molecule has 0 aromatic carbocycles. The van der Waals surface area contributed by atoms with Crippen molar-refractivity contribution >= 4 is 17.5 Å². The number of ether oxygens (including phenoxy) is 1. The summed E-state index contributed by atoms with van der Waals surface area (Å²) in [6, 6.07) is 0.158. The topological polar surface area (TPSA) is 38.3 Å². The number of hydrogen-bond donors (Lipinski definition) is 1. The highest BCUT2D eigenvalue weighted by atomic mass is 35.5. The normalized spacial score (nSPS) is 33.3. The van der Waals surface area contributed by atoms with E-state index in [1.54, 1.807) is 0 Å². The zero-order valence-electron chi connectivity index (χ0n) is 8.05. The summed E-state index contributed by atoms with van der Waals surface area (Å²) in [7, 11) is 0. The molecule has 0 aromatic heterocycles. The molecular formula is C9H16ClNO2. The second kappa shape index (κ2) is 4.82. The zero-order valence-corrected chi connectivity index (χ0v) is 8.80. The molecule has 76 valence electrons. The van der Waals surface area contributed by atoms with Crippen molar-refractivity contribution in [3.63, 3.8) is 0 Å². The molecule has 0 aliphatic carbocycles. The van der Waals surface area contributed by atoms with Crippen molar-refractivity contribution in [3.05, 3.63) is 0 Å². The van der Waals surface area contributed by atoms with Gasteiger partial charge < -0.3 is 10.1 Å². The molecule has 1 aliphatic heterocycles. The van der Waals surface area contributed by atoms with E-state index < -0.39 is 0 Å². The fourth-order valence-corrected chi connectivity index (χ4v) is 1.78. The molecule has 1 aliphatic rings. The average Bonchev–Trinajstić information content (AvgIpc) is 2.30. The number of amides is 1. The van der Waals surface area contributed by atoms with E-state index in [0.29, 0.717) is 12.3 Å². The highest BCUT2D eigenvalue weighted by Crippen LogP contribution is 2.19. The summed E-state index contributed by atoms with van der Waals surface area (Å²) in [5, 5.41) is 2.91. The Morgan fingerprint density at radius 3 is 2.77 bits per heavy atom. The summed E-state index contributed by atoms with van der Waals surface area (Å²) in [5.74, 6) is 0.396. The minimum absolute atomic E-state index is 0.0181. The van der Waals surface area contributed by atoms with Crippen LogP contribution in [0.3, 0.4) is 0 Å². The molecule has 1 N–H and O–H groups in total. The molecule has 3 unspecified atom stereocenters. The Morgan fingerprint density at radius 1 is 1.62 bits per heavy atom. The Morgan fingerprint density at radius 2 is 2.31 bits per heavy atom. The number of nitrogens with one attached hydrogen (secondary N) is 1. The minimum Gasteiger partial charge on any atom is -0.373 e. The quantitative estimate of drug-likeness (QED) is 0.706. The number of alkyl halides is 1. The lowest BCUT2D eigenvalue weighted by Gasteiger charge is -2.15. The number of rotatable bonds is 3. The van der Waals surface area contributed by atoms with Crippen molar-refractivity contribution < 1.29 is 9.53 Å². The van der Waals surface area contributed by atoms with Gasteiger partial charge in [-0.15, -0.1) is 11.6 Å². The summed E-state index contributed by atoms with van der Waals surface area (Å²) in [5.41, 5.74) is 0. The van der Waals surface area contributed by atoms with Crippen LogP contribution in [0.5, 0.6) is 0 Å². The Hall–Kier alpha value is -0.280. The molecule has 0 spiro atoms. The predicted molar refractivity (Wildman–Crippen MR) is 51.9 cm³/mol. The van der Waals surface area contributed by atoms with E-state index in [-0.39, 0.29) is 24.2 Å². The molecular weight excluding hydrogens is 190 g/mol. The molecule has 1 fully saturated rings. The van der Waals surface area contributed by atoms with Gasteiger partial charge in [-0.25, -0.2) is 0 Å². The lowest BCUT2D eigenvalue weighted by molar-refractivity contribution is -0.121. The first-order valence-corrected chi connectivity index (χ1v) is 5.17. The summed E-state index contributed by atoms with van der Waals surface area (Å²) >= 11 is 5.45. The van der Waals surface area contributed by atoms with Gasteiger partial charge in [0, 0.05) is 12.3 Å². The van der Waals surface area contributed by atoms with Crippen LogP contribution in [0.1, 0.15) is 26.7 Å². The Bertz CT molecular complexity index is 186. The first-order chi connectivity index (χ1) is 6.13. The van der Waals surface area contributed by atoms with E-state index in [4.69, 9.17) is 16.3 Å². The van der Waals surface area contributed by atoms with Gasteiger partial charge in [-0.1, -0.05) is 0 Å². The van der Waals surface area contributed by atoms with Crippen molar-refractivity contribution in [2.24, 2.45) is 0 Å². The van der Waals surface area contributed by atoms with Gasteiger partial charge >= 0.3 is 0 Å². The molecule has 1 heterocycles. The molecule has 0 saturated carbocycles. The van der Waals surface area contributed by atoms with Crippen LogP contribution in [-0.2, 0) is 9.53 Å². The fourth-order valence-electron chi connectivity index (χ4n) is 1.61. The fraction of sp³-hybridized carbons (Fsp3) is 0.889. The highest BCUT2D eigenvalue weighted by Gasteiger charge is 2.30. The molecule has 3 atom stereocenters. The number of halogens is 1. The smallest absolute Gasteiger partial charge is 0.221 e. The van der Waals surface area contributed by atoms with Crippen molar-refractivity contribution in [3.8, 4) is 0 Å². The average molecular weight is 206 g/mol. The van der Waals surface area contributed by atoms with E-state index in [1.165, 1.54) is 0 Å². The maximum Gasteiger partial charge on any atom is 0.221 e. The van der Waals surface area contributed by atoms with Crippen LogP contribution < -0.4 is 5.32 Å². The Balaban J connectivity index is 2.32. The van der Waals surface area contributed by atoms with Gasteiger partial charge in [-0.05, 0) is 20.3 Å². The second-order valence-corrected chi connectivity index (χ2v) is 3.88. The third kappa shape index (κ3) is 3.16. The number of carbonyl (C=O) groups is 1. The third-order valence-corrected chi connectivity index (χ3v) is 2.46. The first kappa shape index (κ1) is 10.8. The summed E-state index contributed by atoms with van der Waals surface area (Å²) in [6.45, 7) is 4.00. The summed E-state index contributed by atoms with van der Waals surface area (Å²) in [6.07, 6.45) is 1.65. The molecule has 0 bridgehead atoms. The molecule has 0 aromatic rings. The predicted octanol–water partition coefficient (Wildman–Crippen LogP) is 1.30. The summed E-state index contributed by atoms with van der Waals surface area (Å²) in [4.78, 5) is 11.2. The van der Waals surface area contributed by atoms with Crippen LogP contribution in [0, 0.1) is 0 Å². The van der Waals surface area contributed by atoms with E-state index in [9.17, 15) is 4.79 Å². The molecule has 3 nitrogen and oxygen atoms in total. The Labute approximate surface area is 83.8 Å². The Kier molecular flexibility index (Phi) is 4.00. The van der Waals surface area contributed by atoms with E-state index in [0.717, 1.165) is 6.42 Å². The monoisotopic (exact) mass is 205 g/mol. The van der Waals surface area contributed by atoms with E-state index in [2.05, 4.69) is 5.32 Å². The van der Waals surface area contributed by atoms with Crippen LogP contribution in [-0.4, -0.2) is 30.0 Å². The van der Waals surface area contributed by atoms with E-state index >= 15 is 0 Å². The van der Waals surface area contributed by atoms with Crippen molar-refractivity contribution in [2.75, 3.05) is 5.88 Å². The molecule has 1 saturated heterocycles. The SMILES string of the molecule is CC1CC(NC(=O)CCCl)C(C)O1. The zero-order chi connectivity index (χ0) is 9.84. The van der Waals surface area contributed by atoms with Crippen molar-refractivity contribution in [1.29, 1.82) is 0 Å². The van der Waals surface area contributed by atoms with Crippen LogP contribution in [0.4, 0.5) is 0 Å². The van der Waals surface area contributed by atoms with Gasteiger partial charge in [-0.3, -0.25) is 4.79 Å². The van der Waals surface area contributed by atoms with Crippen molar-refractivity contribution in [2.45, 2.75) is 44.9 Å². The van der Waals surface area contributed by atoms with Gasteiger partial charge in [0.1, 0.15) is 0 Å². The minimum atomic E-state index is 0.0181. The molecule has 13 heavy (non-hydrogen) atoms. The third-order valence-electron chi connectivity index (χ3n) is 2.27. The largest absolute Gasteiger partial charge is 0.373 e. The first-order valence-electron chi connectivity index (χ1n) is 4.64. The van der Waals surface area contributed by atoms with Crippen LogP contribution in [0.25, 0.3) is 0 Å². The maximum atomic E-state index is 11.2. The molecule has 1 rings (SSSR count).